The Morgan fingerprint density at radius 2 is 1.64 bits per heavy atom. The SMILES string of the molecule is COc1cc(C(=O)NCC(=O)OCc2ccccc2Oc2cccnc2)cc(OC)c1OC. The van der Waals surface area contributed by atoms with E-state index in [9.17, 15) is 9.59 Å². The van der Waals surface area contributed by atoms with Crippen LogP contribution >= 0.6 is 0 Å². The number of carbonyl (C=O) groups excluding carboxylic acids is 2. The van der Waals surface area contributed by atoms with Crippen LogP contribution in [-0.2, 0) is 16.1 Å². The maximum absolute atomic E-state index is 12.5. The van der Waals surface area contributed by atoms with Gasteiger partial charge in [-0.2, -0.15) is 0 Å². The highest BCUT2D eigenvalue weighted by Gasteiger charge is 2.18. The molecule has 1 N–H and O–H groups in total. The number of para-hydroxylation sites is 1. The Bertz CT molecular complexity index is 1080. The van der Waals surface area contributed by atoms with E-state index in [1.807, 2.05) is 12.1 Å². The van der Waals surface area contributed by atoms with Gasteiger partial charge >= 0.3 is 5.97 Å². The summed E-state index contributed by atoms with van der Waals surface area (Å²) >= 11 is 0. The molecule has 1 aromatic heterocycles. The lowest BCUT2D eigenvalue weighted by Crippen LogP contribution is -2.30. The van der Waals surface area contributed by atoms with E-state index in [0.717, 1.165) is 0 Å². The molecule has 0 atom stereocenters. The van der Waals surface area contributed by atoms with Crippen LogP contribution in [0, 0.1) is 0 Å². The van der Waals surface area contributed by atoms with Crippen molar-refractivity contribution < 1.29 is 33.3 Å². The van der Waals surface area contributed by atoms with E-state index < -0.39 is 11.9 Å². The summed E-state index contributed by atoms with van der Waals surface area (Å²) < 4.78 is 26.8. The van der Waals surface area contributed by atoms with Crippen LogP contribution in [0.2, 0.25) is 0 Å². The molecule has 0 fully saturated rings. The van der Waals surface area contributed by atoms with Crippen LogP contribution in [-0.4, -0.2) is 44.7 Å². The lowest BCUT2D eigenvalue weighted by Gasteiger charge is -2.14. The van der Waals surface area contributed by atoms with E-state index in [2.05, 4.69) is 10.3 Å². The van der Waals surface area contributed by atoms with Crippen molar-refractivity contribution in [3.05, 3.63) is 72.1 Å². The molecule has 0 aliphatic carbocycles. The highest BCUT2D eigenvalue weighted by atomic mass is 16.5. The van der Waals surface area contributed by atoms with Crippen molar-refractivity contribution >= 4 is 11.9 Å². The molecule has 9 heteroatoms. The minimum atomic E-state index is -0.605. The van der Waals surface area contributed by atoms with Gasteiger partial charge in [0.25, 0.3) is 5.91 Å². The molecule has 0 bridgehead atoms. The Kier molecular flexibility index (Phi) is 8.07. The van der Waals surface area contributed by atoms with E-state index in [0.29, 0.717) is 34.3 Å². The summed E-state index contributed by atoms with van der Waals surface area (Å²) in [5.74, 6) is 1.03. The summed E-state index contributed by atoms with van der Waals surface area (Å²) in [7, 11) is 4.37. The molecule has 0 saturated carbocycles. The topological polar surface area (TPSA) is 105 Å². The van der Waals surface area contributed by atoms with E-state index >= 15 is 0 Å². The second kappa shape index (κ2) is 11.4. The third-order valence-electron chi connectivity index (χ3n) is 4.54. The van der Waals surface area contributed by atoms with E-state index in [4.69, 9.17) is 23.7 Å². The Morgan fingerprint density at radius 1 is 0.909 bits per heavy atom. The number of benzene rings is 2. The quantitative estimate of drug-likeness (QED) is 0.467. The Hall–Kier alpha value is -4.27. The first kappa shape index (κ1) is 23.4. The van der Waals surface area contributed by atoms with Gasteiger partial charge in [0.05, 0.1) is 27.5 Å². The summed E-state index contributed by atoms with van der Waals surface area (Å²) in [6.07, 6.45) is 3.23. The number of nitrogens with zero attached hydrogens (tertiary/aromatic N) is 1. The number of aromatic nitrogens is 1. The largest absolute Gasteiger partial charge is 0.493 e. The van der Waals surface area contributed by atoms with Crippen LogP contribution in [0.25, 0.3) is 0 Å². The second-order valence-corrected chi connectivity index (χ2v) is 6.66. The van der Waals surface area contributed by atoms with Gasteiger partial charge in [-0.1, -0.05) is 18.2 Å². The van der Waals surface area contributed by atoms with Crippen molar-refractivity contribution in [1.82, 2.24) is 10.3 Å². The fourth-order valence-corrected chi connectivity index (χ4v) is 2.93. The summed E-state index contributed by atoms with van der Waals surface area (Å²) in [6.45, 7) is -0.337. The van der Waals surface area contributed by atoms with Crippen molar-refractivity contribution in [2.45, 2.75) is 6.61 Å². The number of esters is 1. The average Bonchev–Trinajstić information content (AvgIpc) is 2.86. The lowest BCUT2D eigenvalue weighted by molar-refractivity contribution is -0.143. The molecule has 3 aromatic rings. The van der Waals surface area contributed by atoms with Gasteiger partial charge in [0.1, 0.15) is 24.7 Å². The van der Waals surface area contributed by atoms with Crippen LogP contribution in [0.4, 0.5) is 0 Å². The number of hydrogen-bond donors (Lipinski definition) is 1. The van der Waals surface area contributed by atoms with Gasteiger partial charge in [0.2, 0.25) is 5.75 Å². The predicted molar refractivity (Wildman–Crippen MR) is 119 cm³/mol. The van der Waals surface area contributed by atoms with Crippen molar-refractivity contribution in [2.75, 3.05) is 27.9 Å². The molecule has 0 saturated heterocycles. The lowest BCUT2D eigenvalue weighted by atomic mass is 10.1. The molecule has 3 rings (SSSR count). The minimum absolute atomic E-state index is 0.0185. The predicted octanol–water partition coefficient (Wildman–Crippen LogP) is 3.37. The van der Waals surface area contributed by atoms with Gasteiger partial charge in [-0.3, -0.25) is 14.6 Å². The van der Waals surface area contributed by atoms with Crippen LogP contribution in [0.3, 0.4) is 0 Å². The Labute approximate surface area is 191 Å². The van der Waals surface area contributed by atoms with Crippen molar-refractivity contribution in [1.29, 1.82) is 0 Å². The molecule has 172 valence electrons. The van der Waals surface area contributed by atoms with E-state index in [1.54, 1.807) is 36.7 Å². The molecule has 33 heavy (non-hydrogen) atoms. The molecule has 0 radical (unpaired) electrons. The van der Waals surface area contributed by atoms with Crippen molar-refractivity contribution in [3.63, 3.8) is 0 Å². The van der Waals surface area contributed by atoms with Gasteiger partial charge in [0.15, 0.2) is 11.5 Å². The maximum atomic E-state index is 12.5. The number of nitrogens with one attached hydrogen (secondary N) is 1. The number of methoxy groups -OCH3 is 3. The molecule has 0 aliphatic heterocycles. The molecule has 0 aliphatic rings. The summed E-state index contributed by atoms with van der Waals surface area (Å²) in [4.78, 5) is 28.7. The van der Waals surface area contributed by atoms with Crippen molar-refractivity contribution in [3.8, 4) is 28.7 Å². The van der Waals surface area contributed by atoms with Gasteiger partial charge in [-0.25, -0.2) is 0 Å². The minimum Gasteiger partial charge on any atom is -0.493 e. The first-order chi connectivity index (χ1) is 16.0. The van der Waals surface area contributed by atoms with E-state index in [-0.39, 0.29) is 18.7 Å². The zero-order valence-electron chi connectivity index (χ0n) is 18.5. The van der Waals surface area contributed by atoms with Crippen molar-refractivity contribution in [2.24, 2.45) is 0 Å². The molecule has 1 amide bonds. The standard InChI is InChI=1S/C24H24N2O7/c1-29-20-11-17(12-21(30-2)23(20)31-3)24(28)26-14-22(27)32-15-16-7-4-5-9-19(16)33-18-8-6-10-25-13-18/h4-13H,14-15H2,1-3H3,(H,26,28). The fourth-order valence-electron chi connectivity index (χ4n) is 2.93. The second-order valence-electron chi connectivity index (χ2n) is 6.66. The average molecular weight is 452 g/mol. The molecule has 9 nitrogen and oxygen atoms in total. The number of ether oxygens (including phenoxy) is 5. The van der Waals surface area contributed by atoms with Gasteiger partial charge < -0.3 is 29.0 Å². The number of carbonyl (C=O) groups is 2. The highest BCUT2D eigenvalue weighted by Crippen LogP contribution is 2.38. The van der Waals surface area contributed by atoms with Crippen LogP contribution < -0.4 is 24.3 Å². The molecule has 0 unspecified atom stereocenters. The number of amides is 1. The molecular formula is C24H24N2O7. The zero-order chi connectivity index (χ0) is 23.6. The smallest absolute Gasteiger partial charge is 0.325 e. The summed E-state index contributed by atoms with van der Waals surface area (Å²) in [6, 6.07) is 13.7. The maximum Gasteiger partial charge on any atom is 0.325 e. The number of pyridine rings is 1. The Balaban J connectivity index is 1.58. The zero-order valence-corrected chi connectivity index (χ0v) is 18.5. The molecule has 2 aromatic carbocycles. The van der Waals surface area contributed by atoms with Gasteiger partial charge in [-0.15, -0.1) is 0 Å². The molecule has 0 spiro atoms. The van der Waals surface area contributed by atoms with E-state index in [1.165, 1.54) is 33.5 Å². The van der Waals surface area contributed by atoms with Crippen LogP contribution in [0.1, 0.15) is 15.9 Å². The molecular weight excluding hydrogens is 428 g/mol. The third kappa shape index (κ3) is 6.13. The Morgan fingerprint density at radius 3 is 2.27 bits per heavy atom. The normalized spacial score (nSPS) is 10.2. The fraction of sp³-hybridized carbons (Fsp3) is 0.208. The summed E-state index contributed by atoms with van der Waals surface area (Å²) in [5, 5.41) is 2.52. The first-order valence-electron chi connectivity index (χ1n) is 9.95. The first-order valence-corrected chi connectivity index (χ1v) is 9.95. The number of hydrogen-bond acceptors (Lipinski definition) is 8. The number of rotatable bonds is 10. The third-order valence-corrected chi connectivity index (χ3v) is 4.54. The van der Waals surface area contributed by atoms with Crippen LogP contribution in [0.15, 0.2) is 60.9 Å². The highest BCUT2D eigenvalue weighted by molar-refractivity contribution is 5.97. The monoisotopic (exact) mass is 452 g/mol. The summed E-state index contributed by atoms with van der Waals surface area (Å²) in [5.41, 5.74) is 0.915. The van der Waals surface area contributed by atoms with Crippen LogP contribution in [0.5, 0.6) is 28.7 Å². The van der Waals surface area contributed by atoms with Gasteiger partial charge in [0, 0.05) is 17.3 Å². The molecule has 1 heterocycles. The van der Waals surface area contributed by atoms with Gasteiger partial charge in [-0.05, 0) is 30.3 Å².